The molecule has 7 nitrogen and oxygen atoms in total. The summed E-state index contributed by atoms with van der Waals surface area (Å²) in [7, 11) is 0. The number of carbonyl (C=O) groups is 2. The van der Waals surface area contributed by atoms with E-state index in [0.29, 0.717) is 6.54 Å². The first-order valence-electron chi connectivity index (χ1n) is 3.46. The van der Waals surface area contributed by atoms with Gasteiger partial charge in [-0.05, 0) is 0 Å². The number of carboxylic acid groups (broad SMARTS) is 2. The molecule has 0 aliphatic rings. The Morgan fingerprint density at radius 1 is 1.31 bits per heavy atom. The van der Waals surface area contributed by atoms with Crippen LogP contribution in [-0.4, -0.2) is 46.5 Å². The zero-order chi connectivity index (χ0) is 10.9. The molecule has 1 unspecified atom stereocenters. The molecular weight excluding hydrogens is 180 g/mol. The third-order valence-corrected chi connectivity index (χ3v) is 0.841. The number of rotatable bonds is 4. The van der Waals surface area contributed by atoms with Gasteiger partial charge in [-0.25, -0.2) is 0 Å². The topological polar surface area (TPSA) is 147 Å². The van der Waals surface area contributed by atoms with E-state index >= 15 is 0 Å². The maximum atomic E-state index is 9.85. The highest BCUT2D eigenvalue weighted by Gasteiger charge is 2.14. The molecule has 0 saturated heterocycles. The first-order chi connectivity index (χ1) is 5.95. The van der Waals surface area contributed by atoms with Crippen LogP contribution in [0.25, 0.3) is 0 Å². The van der Waals surface area contributed by atoms with Gasteiger partial charge in [0.1, 0.15) is 6.04 Å². The van der Waals surface area contributed by atoms with Crippen molar-refractivity contribution in [1.29, 1.82) is 0 Å². The fourth-order valence-electron chi connectivity index (χ4n) is 0.275. The van der Waals surface area contributed by atoms with Crippen molar-refractivity contribution in [2.45, 2.75) is 12.5 Å². The summed E-state index contributed by atoms with van der Waals surface area (Å²) < 4.78 is 0. The molecule has 1 atom stereocenters. The van der Waals surface area contributed by atoms with Crippen molar-refractivity contribution in [2.24, 2.45) is 11.5 Å². The normalized spacial score (nSPS) is 11.0. The highest BCUT2D eigenvalue weighted by Crippen LogP contribution is 1.86. The number of nitrogens with two attached hydrogens (primary N) is 2. The van der Waals surface area contributed by atoms with Gasteiger partial charge in [0.2, 0.25) is 0 Å². The van der Waals surface area contributed by atoms with E-state index in [1.54, 1.807) is 0 Å². The lowest BCUT2D eigenvalue weighted by molar-refractivity contribution is -0.144. The van der Waals surface area contributed by atoms with E-state index in [1.165, 1.54) is 0 Å². The molecule has 0 rings (SSSR count). The fourth-order valence-corrected chi connectivity index (χ4v) is 0.275. The van der Waals surface area contributed by atoms with Gasteiger partial charge in [-0.2, -0.15) is 0 Å². The summed E-state index contributed by atoms with van der Waals surface area (Å²) in [5.74, 6) is -2.50. The van der Waals surface area contributed by atoms with Gasteiger partial charge >= 0.3 is 11.9 Å². The molecule has 13 heavy (non-hydrogen) atoms. The predicted molar refractivity (Wildman–Crippen MR) is 44.0 cm³/mol. The molecule has 0 heterocycles. The zero-order valence-corrected chi connectivity index (χ0v) is 7.01. The van der Waals surface area contributed by atoms with Crippen LogP contribution < -0.4 is 11.5 Å². The lowest BCUT2D eigenvalue weighted by Gasteiger charge is -1.99. The Bertz CT molecular complexity index is 159. The number of carboxylic acids is 2. The lowest BCUT2D eigenvalue weighted by atomic mass is 10.2. The first kappa shape index (κ1) is 14.3. The summed E-state index contributed by atoms with van der Waals surface area (Å²) in [5.41, 5.74) is 9.61. The molecule has 0 aromatic rings. The second-order valence-corrected chi connectivity index (χ2v) is 2.05. The average molecular weight is 194 g/mol. The Hall–Kier alpha value is -1.18. The summed E-state index contributed by atoms with van der Waals surface area (Å²) in [6.07, 6.45) is -0.532. The molecule has 78 valence electrons. The number of aliphatic hydroxyl groups is 1. The molecule has 0 radical (unpaired) electrons. The van der Waals surface area contributed by atoms with Gasteiger partial charge < -0.3 is 26.8 Å². The minimum Gasteiger partial charge on any atom is -0.481 e. The van der Waals surface area contributed by atoms with Crippen molar-refractivity contribution in [2.75, 3.05) is 13.2 Å². The molecule has 0 spiro atoms. The molecule has 0 saturated carbocycles. The van der Waals surface area contributed by atoms with Gasteiger partial charge in [-0.15, -0.1) is 0 Å². The van der Waals surface area contributed by atoms with E-state index < -0.39 is 24.4 Å². The van der Waals surface area contributed by atoms with E-state index in [9.17, 15) is 9.59 Å². The van der Waals surface area contributed by atoms with Crippen molar-refractivity contribution in [1.82, 2.24) is 0 Å². The Kier molecular flexibility index (Phi) is 9.84. The number of hydrogen-bond acceptors (Lipinski definition) is 5. The summed E-state index contributed by atoms with van der Waals surface area (Å²) >= 11 is 0. The molecule has 0 aromatic heterocycles. The standard InChI is InChI=1S/C4H7NO4.C2H7NO/c5-2(4(8)9)1-3(6)7;3-1-2-4/h2H,1,5H2,(H,6,7)(H,8,9);4H,1-3H2. The molecule has 0 aliphatic carbocycles. The van der Waals surface area contributed by atoms with Crippen molar-refractivity contribution in [3.8, 4) is 0 Å². The van der Waals surface area contributed by atoms with E-state index in [2.05, 4.69) is 0 Å². The number of aliphatic carboxylic acids is 2. The van der Waals surface area contributed by atoms with E-state index in [4.69, 9.17) is 26.8 Å². The predicted octanol–water partition coefficient (Wildman–Crippen LogP) is -2.19. The van der Waals surface area contributed by atoms with Crippen LogP contribution in [-0.2, 0) is 9.59 Å². The summed E-state index contributed by atoms with van der Waals surface area (Å²) in [5, 5.41) is 23.8. The van der Waals surface area contributed by atoms with E-state index in [-0.39, 0.29) is 6.61 Å². The minimum atomic E-state index is -1.29. The molecule has 0 aliphatic heterocycles. The largest absolute Gasteiger partial charge is 0.481 e. The summed E-state index contributed by atoms with van der Waals surface area (Å²) in [6.45, 7) is 0.472. The van der Waals surface area contributed by atoms with Crippen LogP contribution >= 0.6 is 0 Å². The minimum absolute atomic E-state index is 0.0972. The second kappa shape index (κ2) is 8.91. The Morgan fingerprint density at radius 2 is 1.69 bits per heavy atom. The molecule has 0 amide bonds. The lowest BCUT2D eigenvalue weighted by Crippen LogP contribution is -2.32. The Labute approximate surface area is 75.0 Å². The van der Waals surface area contributed by atoms with Crippen LogP contribution in [0.2, 0.25) is 0 Å². The van der Waals surface area contributed by atoms with E-state index in [1.807, 2.05) is 0 Å². The van der Waals surface area contributed by atoms with E-state index in [0.717, 1.165) is 0 Å². The van der Waals surface area contributed by atoms with Crippen LogP contribution in [0.15, 0.2) is 0 Å². The van der Waals surface area contributed by atoms with Gasteiger partial charge in [0.15, 0.2) is 0 Å². The second-order valence-electron chi connectivity index (χ2n) is 2.05. The highest BCUT2D eigenvalue weighted by atomic mass is 16.4. The highest BCUT2D eigenvalue weighted by molar-refractivity contribution is 5.80. The molecule has 7 N–H and O–H groups in total. The van der Waals surface area contributed by atoms with Crippen LogP contribution in [0.1, 0.15) is 6.42 Å². The zero-order valence-electron chi connectivity index (χ0n) is 7.01. The quantitative estimate of drug-likeness (QED) is 0.341. The Balaban J connectivity index is 0. The van der Waals surface area contributed by atoms with Crippen molar-refractivity contribution >= 4 is 11.9 Å². The maximum Gasteiger partial charge on any atom is 0.321 e. The van der Waals surface area contributed by atoms with Gasteiger partial charge in [-0.3, -0.25) is 9.59 Å². The molecule has 7 heteroatoms. The molecule has 0 fully saturated rings. The molecular formula is C6H14N2O5. The van der Waals surface area contributed by atoms with Gasteiger partial charge in [0.05, 0.1) is 13.0 Å². The number of hydrogen-bond donors (Lipinski definition) is 5. The van der Waals surface area contributed by atoms with Crippen molar-refractivity contribution in [3.63, 3.8) is 0 Å². The van der Waals surface area contributed by atoms with Crippen LogP contribution in [0.4, 0.5) is 0 Å². The van der Waals surface area contributed by atoms with Crippen molar-refractivity contribution < 1.29 is 24.9 Å². The first-order valence-corrected chi connectivity index (χ1v) is 3.46. The van der Waals surface area contributed by atoms with Gasteiger partial charge in [0.25, 0.3) is 0 Å². The number of aliphatic hydroxyl groups excluding tert-OH is 1. The summed E-state index contributed by atoms with van der Waals surface area (Å²) in [6, 6.07) is -1.29. The maximum absolute atomic E-state index is 9.85. The van der Waals surface area contributed by atoms with Crippen molar-refractivity contribution in [3.05, 3.63) is 0 Å². The van der Waals surface area contributed by atoms with Gasteiger partial charge in [-0.1, -0.05) is 0 Å². The molecule has 0 bridgehead atoms. The molecule has 0 aromatic carbocycles. The Morgan fingerprint density at radius 3 is 1.77 bits per heavy atom. The van der Waals surface area contributed by atoms with Crippen LogP contribution in [0, 0.1) is 0 Å². The van der Waals surface area contributed by atoms with Crippen LogP contribution in [0.5, 0.6) is 0 Å². The third-order valence-electron chi connectivity index (χ3n) is 0.841. The van der Waals surface area contributed by atoms with Gasteiger partial charge in [0, 0.05) is 6.54 Å². The fraction of sp³-hybridized carbons (Fsp3) is 0.667. The average Bonchev–Trinajstić information content (AvgIpc) is 2.03. The smallest absolute Gasteiger partial charge is 0.321 e. The summed E-state index contributed by atoms with van der Waals surface area (Å²) in [4.78, 5) is 19.6. The third kappa shape index (κ3) is 13.8. The van der Waals surface area contributed by atoms with Crippen LogP contribution in [0.3, 0.4) is 0 Å². The SMILES string of the molecule is NC(CC(=O)O)C(=O)O.NCCO. The monoisotopic (exact) mass is 194 g/mol.